The molecule has 0 radical (unpaired) electrons. The minimum Gasteiger partial charge on any atom is -0.364 e. The molecule has 28 heavy (non-hydrogen) atoms. The molecule has 4 N–H and O–H groups in total. The van der Waals surface area contributed by atoms with Crippen molar-refractivity contribution in [1.29, 1.82) is 0 Å². The molecule has 2 aromatic heterocycles. The van der Waals surface area contributed by atoms with Crippen LogP contribution in [0.15, 0.2) is 24.7 Å². The van der Waals surface area contributed by atoms with Crippen molar-refractivity contribution in [2.24, 2.45) is 11.7 Å². The van der Waals surface area contributed by atoms with Crippen molar-refractivity contribution in [3.05, 3.63) is 41.2 Å². The third-order valence-electron chi connectivity index (χ3n) is 4.95. The van der Waals surface area contributed by atoms with Crippen molar-refractivity contribution in [1.82, 2.24) is 19.9 Å². The second-order valence-electron chi connectivity index (χ2n) is 6.63. The first kappa shape index (κ1) is 19.8. The lowest BCUT2D eigenvalue weighted by Crippen LogP contribution is -2.30. The van der Waals surface area contributed by atoms with Gasteiger partial charge >= 0.3 is 0 Å². The highest BCUT2D eigenvalue weighted by atomic mass is 35.5. The monoisotopic (exact) mass is 404 g/mol. The number of imidazole rings is 1. The zero-order chi connectivity index (χ0) is 20.3. The van der Waals surface area contributed by atoms with E-state index in [0.717, 1.165) is 0 Å². The fraction of sp³-hybridized carbons (Fsp3) is 0.389. The van der Waals surface area contributed by atoms with Gasteiger partial charge in [0, 0.05) is 25.2 Å². The molecule has 0 aliphatic heterocycles. The third kappa shape index (κ3) is 3.99. The summed E-state index contributed by atoms with van der Waals surface area (Å²) < 4.78 is 1.65. The number of nitrogens with zero attached hydrogens (tertiary/aromatic N) is 3. The summed E-state index contributed by atoms with van der Waals surface area (Å²) in [7, 11) is 1.46. The molecule has 3 amide bonds. The molecule has 1 fully saturated rings. The number of aromatic nitrogens is 3. The fourth-order valence-electron chi connectivity index (χ4n) is 3.50. The third-order valence-corrected chi connectivity index (χ3v) is 5.25. The van der Waals surface area contributed by atoms with Crippen LogP contribution in [0.1, 0.15) is 52.7 Å². The number of carbonyl (C=O) groups is 3. The number of pyridine rings is 1. The van der Waals surface area contributed by atoms with E-state index < -0.39 is 11.8 Å². The largest absolute Gasteiger partial charge is 0.364 e. The van der Waals surface area contributed by atoms with Crippen LogP contribution < -0.4 is 16.4 Å². The minimum atomic E-state index is -0.706. The number of rotatable bonds is 5. The highest BCUT2D eigenvalue weighted by Crippen LogP contribution is 2.34. The SMILES string of the molecule is CNC(=O)c1ncn([C@H]2CC[C@H](C(=O)Nc3cccnc3Cl)CC2)c1C(N)=O. The Hall–Kier alpha value is -2.94. The summed E-state index contributed by atoms with van der Waals surface area (Å²) in [5.74, 6) is -1.46. The molecule has 0 atom stereocenters. The van der Waals surface area contributed by atoms with Crippen LogP contribution in [0.3, 0.4) is 0 Å². The van der Waals surface area contributed by atoms with E-state index >= 15 is 0 Å². The number of halogens is 1. The summed E-state index contributed by atoms with van der Waals surface area (Å²) in [6.45, 7) is 0. The van der Waals surface area contributed by atoms with Crippen molar-refractivity contribution < 1.29 is 14.4 Å². The lowest BCUT2D eigenvalue weighted by Gasteiger charge is -2.29. The molecule has 10 heteroatoms. The Bertz CT molecular complexity index is 904. The molecule has 0 saturated heterocycles. The van der Waals surface area contributed by atoms with Gasteiger partial charge in [-0.2, -0.15) is 0 Å². The maximum absolute atomic E-state index is 12.5. The molecule has 0 unspecified atom stereocenters. The number of hydrogen-bond donors (Lipinski definition) is 3. The van der Waals surface area contributed by atoms with Gasteiger partial charge in [0.25, 0.3) is 11.8 Å². The van der Waals surface area contributed by atoms with Crippen LogP contribution in [0.2, 0.25) is 5.15 Å². The molecule has 2 heterocycles. The molecule has 1 aliphatic carbocycles. The molecule has 1 aliphatic rings. The quantitative estimate of drug-likeness (QED) is 0.653. The van der Waals surface area contributed by atoms with E-state index in [4.69, 9.17) is 17.3 Å². The van der Waals surface area contributed by atoms with Crippen molar-refractivity contribution >= 4 is 35.0 Å². The lowest BCUT2D eigenvalue weighted by molar-refractivity contribution is -0.121. The van der Waals surface area contributed by atoms with E-state index in [1.165, 1.54) is 13.4 Å². The first-order chi connectivity index (χ1) is 13.4. The van der Waals surface area contributed by atoms with E-state index in [9.17, 15) is 14.4 Å². The summed E-state index contributed by atoms with van der Waals surface area (Å²) in [6.07, 6.45) is 5.58. The van der Waals surface area contributed by atoms with Crippen LogP contribution in [0.25, 0.3) is 0 Å². The standard InChI is InChI=1S/C18H21ClN6O3/c1-21-18(28)13-14(16(20)26)25(9-23-13)11-6-4-10(5-7-11)17(27)24-12-3-2-8-22-15(12)19/h2-3,8-11H,4-7H2,1H3,(H2,20,26)(H,21,28)(H,24,27)/t10-,11-. The average molecular weight is 405 g/mol. The Morgan fingerprint density at radius 3 is 2.54 bits per heavy atom. The Labute approximate surface area is 166 Å². The first-order valence-corrected chi connectivity index (χ1v) is 9.30. The van der Waals surface area contributed by atoms with Gasteiger partial charge in [-0.3, -0.25) is 14.4 Å². The summed E-state index contributed by atoms with van der Waals surface area (Å²) >= 11 is 5.98. The molecule has 2 aromatic rings. The number of hydrogen-bond acceptors (Lipinski definition) is 5. The molecular formula is C18H21ClN6O3. The summed E-state index contributed by atoms with van der Waals surface area (Å²) in [5, 5.41) is 5.51. The highest BCUT2D eigenvalue weighted by Gasteiger charge is 2.31. The lowest BCUT2D eigenvalue weighted by atomic mass is 9.85. The molecule has 0 spiro atoms. The van der Waals surface area contributed by atoms with Gasteiger partial charge in [0.05, 0.1) is 12.0 Å². The Balaban J connectivity index is 1.68. The van der Waals surface area contributed by atoms with Gasteiger partial charge in [-0.15, -0.1) is 0 Å². The zero-order valence-corrected chi connectivity index (χ0v) is 16.1. The van der Waals surface area contributed by atoms with Crippen LogP contribution in [-0.4, -0.2) is 39.3 Å². The Morgan fingerprint density at radius 1 is 1.21 bits per heavy atom. The highest BCUT2D eigenvalue weighted by molar-refractivity contribution is 6.32. The van der Waals surface area contributed by atoms with E-state index in [-0.39, 0.29) is 34.4 Å². The van der Waals surface area contributed by atoms with E-state index in [1.54, 1.807) is 22.9 Å². The van der Waals surface area contributed by atoms with E-state index in [1.807, 2.05) is 0 Å². The van der Waals surface area contributed by atoms with Gasteiger partial charge < -0.3 is 20.9 Å². The van der Waals surface area contributed by atoms with Crippen LogP contribution in [-0.2, 0) is 4.79 Å². The molecule has 1 saturated carbocycles. The molecule has 9 nitrogen and oxygen atoms in total. The molecule has 0 aromatic carbocycles. The van der Waals surface area contributed by atoms with Crippen LogP contribution in [0, 0.1) is 5.92 Å². The average Bonchev–Trinajstić information content (AvgIpc) is 3.14. The van der Waals surface area contributed by atoms with Gasteiger partial charge in [0.15, 0.2) is 10.8 Å². The Kier molecular flexibility index (Phi) is 5.93. The van der Waals surface area contributed by atoms with Crippen LogP contribution in [0.5, 0.6) is 0 Å². The van der Waals surface area contributed by atoms with Crippen molar-refractivity contribution in [3.8, 4) is 0 Å². The van der Waals surface area contributed by atoms with Crippen molar-refractivity contribution in [2.45, 2.75) is 31.7 Å². The number of anilines is 1. The number of nitrogens with one attached hydrogen (secondary N) is 2. The number of amides is 3. The number of primary amides is 1. The normalized spacial score (nSPS) is 19.1. The van der Waals surface area contributed by atoms with Gasteiger partial charge in [0.2, 0.25) is 5.91 Å². The minimum absolute atomic E-state index is 0.0149. The fourth-order valence-corrected chi connectivity index (χ4v) is 3.66. The Morgan fingerprint density at radius 2 is 1.93 bits per heavy atom. The molecule has 3 rings (SSSR count). The van der Waals surface area contributed by atoms with E-state index in [2.05, 4.69) is 20.6 Å². The van der Waals surface area contributed by atoms with Gasteiger partial charge in [-0.05, 0) is 37.8 Å². The van der Waals surface area contributed by atoms with Crippen molar-refractivity contribution in [2.75, 3.05) is 12.4 Å². The summed E-state index contributed by atoms with van der Waals surface area (Å²) in [6, 6.07) is 3.34. The van der Waals surface area contributed by atoms with Crippen molar-refractivity contribution in [3.63, 3.8) is 0 Å². The zero-order valence-electron chi connectivity index (χ0n) is 15.3. The first-order valence-electron chi connectivity index (χ1n) is 8.92. The van der Waals surface area contributed by atoms with Gasteiger partial charge in [0.1, 0.15) is 5.69 Å². The summed E-state index contributed by atoms with van der Waals surface area (Å²) in [4.78, 5) is 44.3. The second kappa shape index (κ2) is 8.39. The number of nitrogens with two attached hydrogens (primary N) is 1. The molecular weight excluding hydrogens is 384 g/mol. The smallest absolute Gasteiger partial charge is 0.272 e. The van der Waals surface area contributed by atoms with E-state index in [0.29, 0.717) is 31.4 Å². The predicted octanol–water partition coefficient (Wildman–Crippen LogP) is 1.76. The van der Waals surface area contributed by atoms with Gasteiger partial charge in [-0.25, -0.2) is 9.97 Å². The maximum Gasteiger partial charge on any atom is 0.272 e. The maximum atomic E-state index is 12.5. The van der Waals surface area contributed by atoms with Crippen LogP contribution in [0.4, 0.5) is 5.69 Å². The topological polar surface area (TPSA) is 132 Å². The summed E-state index contributed by atoms with van der Waals surface area (Å²) in [5.41, 5.74) is 6.06. The molecule has 148 valence electrons. The van der Waals surface area contributed by atoms with Gasteiger partial charge in [-0.1, -0.05) is 11.6 Å². The predicted molar refractivity (Wildman–Crippen MR) is 103 cm³/mol. The molecule has 0 bridgehead atoms. The number of carbonyl (C=O) groups excluding carboxylic acids is 3. The second-order valence-corrected chi connectivity index (χ2v) is 6.99. The van der Waals surface area contributed by atoms with Crippen LogP contribution >= 0.6 is 11.6 Å².